The largest absolute Gasteiger partial charge is 0.494 e. The summed E-state index contributed by atoms with van der Waals surface area (Å²) in [6, 6.07) is 6.01. The second-order valence-corrected chi connectivity index (χ2v) is 10.5. The fourth-order valence-corrected chi connectivity index (χ4v) is 4.50. The van der Waals surface area contributed by atoms with E-state index < -0.39 is 11.4 Å². The highest BCUT2D eigenvalue weighted by Crippen LogP contribution is 2.30. The zero-order chi connectivity index (χ0) is 27.4. The van der Waals surface area contributed by atoms with Crippen molar-refractivity contribution in [3.05, 3.63) is 52.9 Å². The van der Waals surface area contributed by atoms with Crippen LogP contribution in [-0.4, -0.2) is 64.5 Å². The lowest BCUT2D eigenvalue weighted by molar-refractivity contribution is -0.00456. The van der Waals surface area contributed by atoms with Crippen molar-refractivity contribution in [1.82, 2.24) is 20.2 Å². The Morgan fingerprint density at radius 1 is 1.18 bits per heavy atom. The van der Waals surface area contributed by atoms with Crippen molar-refractivity contribution in [1.29, 1.82) is 0 Å². The maximum Gasteiger partial charge on any atom is 0.410 e. The second-order valence-electron chi connectivity index (χ2n) is 10.5. The predicted molar refractivity (Wildman–Crippen MR) is 137 cm³/mol. The Balaban J connectivity index is 1.33. The Labute approximate surface area is 221 Å². The molecule has 1 saturated heterocycles. The molecule has 10 nitrogen and oxygen atoms in total. The van der Waals surface area contributed by atoms with Crippen molar-refractivity contribution in [2.45, 2.75) is 65.2 Å². The highest BCUT2D eigenvalue weighted by atomic mass is 19.1. The van der Waals surface area contributed by atoms with Gasteiger partial charge in [0.1, 0.15) is 28.9 Å². The molecule has 0 saturated carbocycles. The number of oxime groups is 1. The van der Waals surface area contributed by atoms with E-state index in [9.17, 15) is 14.0 Å². The number of piperidine rings is 1. The molecule has 38 heavy (non-hydrogen) atoms. The van der Waals surface area contributed by atoms with Gasteiger partial charge in [-0.25, -0.2) is 19.2 Å². The molecule has 1 fully saturated rings. The minimum Gasteiger partial charge on any atom is -0.494 e. The molecule has 1 atom stereocenters. The van der Waals surface area contributed by atoms with Gasteiger partial charge in [-0.15, -0.1) is 0 Å². The molecule has 1 unspecified atom stereocenters. The number of methoxy groups -OCH3 is 1. The van der Waals surface area contributed by atoms with Crippen LogP contribution in [0, 0.1) is 18.7 Å². The topological polar surface area (TPSA) is 115 Å². The van der Waals surface area contributed by atoms with Gasteiger partial charge in [-0.05, 0) is 64.3 Å². The van der Waals surface area contributed by atoms with Crippen LogP contribution in [0.2, 0.25) is 0 Å². The maximum absolute atomic E-state index is 13.6. The van der Waals surface area contributed by atoms with E-state index in [4.69, 9.17) is 14.3 Å². The fourth-order valence-electron chi connectivity index (χ4n) is 4.50. The molecule has 1 aromatic heterocycles. The lowest BCUT2D eigenvalue weighted by atomic mass is 9.88. The number of likely N-dealkylation sites (tertiary alicyclic amines) is 1. The summed E-state index contributed by atoms with van der Waals surface area (Å²) in [6.07, 6.45) is 1.73. The zero-order valence-electron chi connectivity index (χ0n) is 22.4. The summed E-state index contributed by atoms with van der Waals surface area (Å²) in [5.74, 6) is -0.0572. The molecule has 0 spiro atoms. The Kier molecular flexibility index (Phi) is 8.13. The smallest absolute Gasteiger partial charge is 0.410 e. The zero-order valence-corrected chi connectivity index (χ0v) is 22.4. The lowest BCUT2D eigenvalue weighted by Crippen LogP contribution is -2.43. The third-order valence-electron chi connectivity index (χ3n) is 6.44. The average Bonchev–Trinajstić information content (AvgIpc) is 3.37. The van der Waals surface area contributed by atoms with Gasteiger partial charge in [0.05, 0.1) is 12.8 Å². The quantitative estimate of drug-likeness (QED) is 0.604. The van der Waals surface area contributed by atoms with E-state index >= 15 is 0 Å². The molecule has 1 aromatic carbocycles. The number of nitrogens with zero attached hydrogens (tertiary/aromatic N) is 4. The minimum absolute atomic E-state index is 0.112. The van der Waals surface area contributed by atoms with Gasteiger partial charge in [0.2, 0.25) is 0 Å². The van der Waals surface area contributed by atoms with Crippen molar-refractivity contribution in [2.24, 2.45) is 11.1 Å². The van der Waals surface area contributed by atoms with Gasteiger partial charge in [-0.1, -0.05) is 11.2 Å². The van der Waals surface area contributed by atoms with E-state index in [2.05, 4.69) is 20.4 Å². The number of hydrogen-bond acceptors (Lipinski definition) is 8. The predicted octanol–water partition coefficient (Wildman–Crippen LogP) is 4.00. The summed E-state index contributed by atoms with van der Waals surface area (Å²) >= 11 is 0. The molecular weight excluding hydrogens is 493 g/mol. The first-order valence-electron chi connectivity index (χ1n) is 12.7. The van der Waals surface area contributed by atoms with Crippen molar-refractivity contribution in [2.75, 3.05) is 20.2 Å². The van der Waals surface area contributed by atoms with Crippen LogP contribution >= 0.6 is 0 Å². The molecule has 2 aliphatic heterocycles. The molecule has 2 aliphatic rings. The van der Waals surface area contributed by atoms with Gasteiger partial charge < -0.3 is 24.5 Å². The molecule has 4 rings (SSSR count). The fraction of sp³-hybridized carbons (Fsp3) is 0.519. The van der Waals surface area contributed by atoms with Gasteiger partial charge in [0, 0.05) is 32.0 Å². The van der Waals surface area contributed by atoms with Crippen LogP contribution < -0.4 is 10.1 Å². The molecule has 204 valence electrons. The van der Waals surface area contributed by atoms with E-state index in [1.54, 1.807) is 24.0 Å². The maximum atomic E-state index is 13.6. The normalized spacial score (nSPS) is 18.0. The summed E-state index contributed by atoms with van der Waals surface area (Å²) in [5, 5.41) is 7.07. The van der Waals surface area contributed by atoms with Crippen molar-refractivity contribution >= 4 is 17.7 Å². The first-order chi connectivity index (χ1) is 18.0. The van der Waals surface area contributed by atoms with Crippen LogP contribution in [0.15, 0.2) is 29.4 Å². The molecule has 0 radical (unpaired) electrons. The third-order valence-corrected chi connectivity index (χ3v) is 6.44. The molecule has 0 aliphatic carbocycles. The number of halogens is 1. The number of ether oxygens (including phenoxy) is 2. The lowest BCUT2D eigenvalue weighted by Gasteiger charge is -2.34. The molecule has 11 heteroatoms. The second kappa shape index (κ2) is 11.3. The van der Waals surface area contributed by atoms with E-state index in [1.165, 1.54) is 19.2 Å². The Bertz CT molecular complexity index is 1220. The SMILES string of the molecule is COc1cc(CNC(=O)c2cc(C3=NOC(C4CCN(C(=O)OC(C)(C)C)CC4)C3)nc(C)n2)ccc1F. The van der Waals surface area contributed by atoms with Crippen LogP contribution in [-0.2, 0) is 16.1 Å². The van der Waals surface area contributed by atoms with Crippen LogP contribution in [0.3, 0.4) is 0 Å². The Morgan fingerprint density at radius 2 is 1.92 bits per heavy atom. The van der Waals surface area contributed by atoms with Gasteiger partial charge in [-0.2, -0.15) is 0 Å². The van der Waals surface area contributed by atoms with Crippen molar-refractivity contribution in [3.63, 3.8) is 0 Å². The van der Waals surface area contributed by atoms with Crippen molar-refractivity contribution in [3.8, 4) is 5.75 Å². The number of aryl methyl sites for hydroxylation is 1. The number of rotatable bonds is 6. The molecule has 3 heterocycles. The Morgan fingerprint density at radius 3 is 2.61 bits per heavy atom. The first-order valence-corrected chi connectivity index (χ1v) is 12.7. The third kappa shape index (κ3) is 6.76. The minimum atomic E-state index is -0.523. The van der Waals surface area contributed by atoms with Crippen LogP contribution in [0.4, 0.5) is 9.18 Å². The number of amides is 2. The molecule has 2 aromatic rings. The standard InChI is InChI=1S/C27H34FN5O5/c1-16-30-20(13-22(31-16)25(34)29-15-17-6-7-19(28)24(12-17)36-5)21-14-23(38-32-21)18-8-10-33(11-9-18)26(35)37-27(2,3)4/h6-7,12-13,18,23H,8-11,14-15H2,1-5H3,(H,29,34). The van der Waals surface area contributed by atoms with Crippen LogP contribution in [0.5, 0.6) is 5.75 Å². The first kappa shape index (κ1) is 27.3. The summed E-state index contributed by atoms with van der Waals surface area (Å²) in [7, 11) is 1.39. The van der Waals surface area contributed by atoms with Gasteiger partial charge >= 0.3 is 6.09 Å². The monoisotopic (exact) mass is 527 g/mol. The van der Waals surface area contributed by atoms with Crippen LogP contribution in [0.1, 0.15) is 67.6 Å². The van der Waals surface area contributed by atoms with Gasteiger partial charge in [0.15, 0.2) is 11.6 Å². The summed E-state index contributed by atoms with van der Waals surface area (Å²) in [5.41, 5.74) is 1.58. The number of carbonyl (C=O) groups is 2. The summed E-state index contributed by atoms with van der Waals surface area (Å²) in [6.45, 7) is 8.67. The molecule has 0 bridgehead atoms. The number of carbonyl (C=O) groups excluding carboxylic acids is 2. The summed E-state index contributed by atoms with van der Waals surface area (Å²) in [4.78, 5) is 41.4. The molecule has 1 N–H and O–H groups in total. The number of aromatic nitrogens is 2. The number of hydrogen-bond donors (Lipinski definition) is 1. The highest BCUT2D eigenvalue weighted by molar-refractivity contribution is 6.01. The van der Waals surface area contributed by atoms with Gasteiger partial charge in [0.25, 0.3) is 5.91 Å². The number of nitrogens with one attached hydrogen (secondary N) is 1. The highest BCUT2D eigenvalue weighted by Gasteiger charge is 2.35. The van der Waals surface area contributed by atoms with Crippen molar-refractivity contribution < 1.29 is 28.3 Å². The van der Waals surface area contributed by atoms with Gasteiger partial charge in [-0.3, -0.25) is 4.79 Å². The van der Waals surface area contributed by atoms with Crippen LogP contribution in [0.25, 0.3) is 0 Å². The molecule has 2 amide bonds. The number of benzene rings is 1. The van der Waals surface area contributed by atoms with E-state index in [1.807, 2.05) is 20.8 Å². The average molecular weight is 528 g/mol. The summed E-state index contributed by atoms with van der Waals surface area (Å²) < 4.78 is 24.1. The van der Waals surface area contributed by atoms with E-state index in [0.717, 1.165) is 12.8 Å². The van der Waals surface area contributed by atoms with E-state index in [-0.39, 0.29) is 42.0 Å². The Hall–Kier alpha value is -3.76. The molecular formula is C27H34FN5O5. The van der Waals surface area contributed by atoms with E-state index in [0.29, 0.717) is 42.3 Å².